The summed E-state index contributed by atoms with van der Waals surface area (Å²) in [6.07, 6.45) is 1.10. The molecule has 5 nitrogen and oxygen atoms in total. The molecule has 0 fully saturated rings. The number of rotatable bonds is 5. The van der Waals surface area contributed by atoms with Crippen LogP contribution in [0.5, 0.6) is 0 Å². The number of nitrogens with zero attached hydrogens (tertiary/aromatic N) is 1. The van der Waals surface area contributed by atoms with Crippen molar-refractivity contribution in [3.8, 4) is 0 Å². The molecule has 0 atom stereocenters. The molecule has 0 aliphatic rings. The largest absolute Gasteiger partial charge is 0.325 e. The van der Waals surface area contributed by atoms with Gasteiger partial charge in [-0.1, -0.05) is 45.0 Å². The van der Waals surface area contributed by atoms with Crippen LogP contribution in [0.25, 0.3) is 0 Å². The lowest BCUT2D eigenvalue weighted by molar-refractivity contribution is -0.114. The Morgan fingerprint density at radius 1 is 1.08 bits per heavy atom. The van der Waals surface area contributed by atoms with Crippen molar-refractivity contribution in [3.63, 3.8) is 0 Å². The zero-order chi connectivity index (χ0) is 19.5. The van der Waals surface area contributed by atoms with E-state index in [1.165, 1.54) is 0 Å². The third-order valence-electron chi connectivity index (χ3n) is 4.01. The average molecular weight is 375 g/mol. The molecule has 0 aromatic heterocycles. The molecular weight excluding hydrogens is 348 g/mol. The Kier molecular flexibility index (Phi) is 5.76. The standard InChI is InChI=1S/C20H26N2O3S/c1-15-7-6-8-18(13-15)22(26(5,24)25)14-19(23)21-17-11-9-16(10-12-17)20(2,3)4/h6-13H,14H2,1-5H3,(H,21,23). The van der Waals surface area contributed by atoms with Crippen LogP contribution in [0.3, 0.4) is 0 Å². The Labute approximate surface area is 156 Å². The molecule has 0 saturated carbocycles. The van der Waals surface area contributed by atoms with Gasteiger partial charge in [-0.15, -0.1) is 0 Å². The molecule has 1 amide bonds. The van der Waals surface area contributed by atoms with E-state index >= 15 is 0 Å². The highest BCUT2D eigenvalue weighted by molar-refractivity contribution is 7.92. The number of aryl methyl sites for hydroxylation is 1. The van der Waals surface area contributed by atoms with Crippen molar-refractivity contribution in [2.75, 3.05) is 22.4 Å². The summed E-state index contributed by atoms with van der Waals surface area (Å²) in [4.78, 5) is 12.4. The van der Waals surface area contributed by atoms with E-state index in [2.05, 4.69) is 26.1 Å². The van der Waals surface area contributed by atoms with Gasteiger partial charge in [-0.25, -0.2) is 8.42 Å². The number of hydrogen-bond donors (Lipinski definition) is 1. The van der Waals surface area contributed by atoms with Crippen LogP contribution in [-0.4, -0.2) is 27.1 Å². The number of amides is 1. The molecule has 1 N–H and O–H groups in total. The number of benzene rings is 2. The van der Waals surface area contributed by atoms with Gasteiger partial charge in [0.2, 0.25) is 15.9 Å². The molecule has 0 spiro atoms. The van der Waals surface area contributed by atoms with Gasteiger partial charge in [-0.05, 0) is 47.7 Å². The summed E-state index contributed by atoms with van der Waals surface area (Å²) in [7, 11) is -3.58. The predicted octanol–water partition coefficient (Wildman–Crippen LogP) is 3.70. The van der Waals surface area contributed by atoms with Crippen LogP contribution in [0.1, 0.15) is 31.9 Å². The second kappa shape index (κ2) is 7.50. The van der Waals surface area contributed by atoms with Crippen LogP contribution >= 0.6 is 0 Å². The minimum atomic E-state index is -3.58. The molecule has 0 aliphatic carbocycles. The number of anilines is 2. The highest BCUT2D eigenvalue weighted by Gasteiger charge is 2.21. The van der Waals surface area contributed by atoms with Crippen molar-refractivity contribution < 1.29 is 13.2 Å². The first-order chi connectivity index (χ1) is 12.0. The van der Waals surface area contributed by atoms with Crippen LogP contribution in [0.15, 0.2) is 48.5 Å². The predicted molar refractivity (Wildman–Crippen MR) is 107 cm³/mol. The Hall–Kier alpha value is -2.34. The summed E-state index contributed by atoms with van der Waals surface area (Å²) in [5.41, 5.74) is 3.23. The number of hydrogen-bond acceptors (Lipinski definition) is 3. The lowest BCUT2D eigenvalue weighted by atomic mass is 9.87. The summed E-state index contributed by atoms with van der Waals surface area (Å²) in [6, 6.07) is 14.7. The van der Waals surface area contributed by atoms with E-state index in [9.17, 15) is 13.2 Å². The molecule has 2 rings (SSSR count). The Morgan fingerprint density at radius 2 is 1.69 bits per heavy atom. The number of sulfonamides is 1. The first kappa shape index (κ1) is 20.0. The van der Waals surface area contributed by atoms with Crippen LogP contribution in [-0.2, 0) is 20.2 Å². The van der Waals surface area contributed by atoms with E-state index < -0.39 is 10.0 Å². The fourth-order valence-electron chi connectivity index (χ4n) is 2.57. The van der Waals surface area contributed by atoms with Crippen molar-refractivity contribution in [1.29, 1.82) is 0 Å². The molecule has 2 aromatic carbocycles. The van der Waals surface area contributed by atoms with Gasteiger partial charge in [0, 0.05) is 5.69 Å². The van der Waals surface area contributed by atoms with Gasteiger partial charge in [0.1, 0.15) is 6.54 Å². The van der Waals surface area contributed by atoms with E-state index in [0.717, 1.165) is 21.7 Å². The van der Waals surface area contributed by atoms with Gasteiger partial charge in [-0.2, -0.15) is 0 Å². The zero-order valence-electron chi connectivity index (χ0n) is 15.9. The quantitative estimate of drug-likeness (QED) is 0.868. The van der Waals surface area contributed by atoms with E-state index in [0.29, 0.717) is 11.4 Å². The van der Waals surface area contributed by atoms with E-state index in [1.807, 2.05) is 37.3 Å². The Morgan fingerprint density at radius 3 is 2.19 bits per heavy atom. The van der Waals surface area contributed by atoms with Gasteiger partial charge >= 0.3 is 0 Å². The van der Waals surface area contributed by atoms with Gasteiger partial charge in [0.05, 0.1) is 11.9 Å². The minimum Gasteiger partial charge on any atom is -0.325 e. The molecule has 0 radical (unpaired) electrons. The second-order valence-electron chi connectivity index (χ2n) is 7.48. The smallest absolute Gasteiger partial charge is 0.245 e. The lowest BCUT2D eigenvalue weighted by Crippen LogP contribution is -2.37. The van der Waals surface area contributed by atoms with Crippen LogP contribution in [0.2, 0.25) is 0 Å². The van der Waals surface area contributed by atoms with E-state index in [4.69, 9.17) is 0 Å². The molecule has 0 heterocycles. The molecule has 0 saturated heterocycles. The zero-order valence-corrected chi connectivity index (χ0v) is 16.7. The van der Waals surface area contributed by atoms with Crippen molar-refractivity contribution in [3.05, 3.63) is 59.7 Å². The van der Waals surface area contributed by atoms with Gasteiger partial charge in [0.15, 0.2) is 0 Å². The van der Waals surface area contributed by atoms with Gasteiger partial charge in [0.25, 0.3) is 0 Å². The van der Waals surface area contributed by atoms with Crippen LogP contribution < -0.4 is 9.62 Å². The fourth-order valence-corrected chi connectivity index (χ4v) is 3.42. The number of carbonyl (C=O) groups is 1. The second-order valence-corrected chi connectivity index (χ2v) is 9.39. The first-order valence-corrected chi connectivity index (χ1v) is 10.3. The van der Waals surface area contributed by atoms with Crippen molar-refractivity contribution in [1.82, 2.24) is 0 Å². The number of nitrogens with one attached hydrogen (secondary N) is 1. The van der Waals surface area contributed by atoms with E-state index in [-0.39, 0.29) is 17.9 Å². The molecular formula is C20H26N2O3S. The Balaban J connectivity index is 2.15. The van der Waals surface area contributed by atoms with Gasteiger partial charge in [-0.3, -0.25) is 9.10 Å². The lowest BCUT2D eigenvalue weighted by Gasteiger charge is -2.22. The summed E-state index contributed by atoms with van der Waals surface area (Å²) in [6.45, 7) is 7.95. The normalized spacial score (nSPS) is 11.9. The average Bonchev–Trinajstić information content (AvgIpc) is 2.51. The highest BCUT2D eigenvalue weighted by Crippen LogP contribution is 2.24. The maximum absolute atomic E-state index is 12.4. The summed E-state index contributed by atoms with van der Waals surface area (Å²) in [5, 5.41) is 2.76. The van der Waals surface area contributed by atoms with Crippen LogP contribution in [0.4, 0.5) is 11.4 Å². The van der Waals surface area contributed by atoms with Crippen LogP contribution in [0, 0.1) is 6.92 Å². The molecule has 0 aliphatic heterocycles. The van der Waals surface area contributed by atoms with Gasteiger partial charge < -0.3 is 5.32 Å². The molecule has 0 unspecified atom stereocenters. The SMILES string of the molecule is Cc1cccc(N(CC(=O)Nc2ccc(C(C)(C)C)cc2)S(C)(=O)=O)c1. The third-order valence-corrected chi connectivity index (χ3v) is 5.15. The first-order valence-electron chi connectivity index (χ1n) is 8.41. The summed E-state index contributed by atoms with van der Waals surface area (Å²) >= 11 is 0. The molecule has 2 aromatic rings. The molecule has 6 heteroatoms. The third kappa shape index (κ3) is 5.33. The van der Waals surface area contributed by atoms with E-state index in [1.54, 1.807) is 18.2 Å². The number of carbonyl (C=O) groups excluding carboxylic acids is 1. The van der Waals surface area contributed by atoms with Crippen molar-refractivity contribution >= 4 is 27.3 Å². The Bertz CT molecular complexity index is 882. The summed E-state index contributed by atoms with van der Waals surface area (Å²) in [5.74, 6) is -0.388. The summed E-state index contributed by atoms with van der Waals surface area (Å²) < 4.78 is 25.4. The maximum Gasteiger partial charge on any atom is 0.245 e. The molecule has 26 heavy (non-hydrogen) atoms. The highest BCUT2D eigenvalue weighted by atomic mass is 32.2. The maximum atomic E-state index is 12.4. The molecule has 140 valence electrons. The van der Waals surface area contributed by atoms with Crippen molar-refractivity contribution in [2.24, 2.45) is 0 Å². The topological polar surface area (TPSA) is 66.5 Å². The minimum absolute atomic E-state index is 0.0286. The molecule has 0 bridgehead atoms. The van der Waals surface area contributed by atoms with Crippen molar-refractivity contribution in [2.45, 2.75) is 33.1 Å². The fraction of sp³-hybridized carbons (Fsp3) is 0.350. The monoisotopic (exact) mass is 374 g/mol.